The quantitative estimate of drug-likeness (QED) is 0.0683. The monoisotopic (exact) mass is 852 g/mol. The van der Waals surface area contributed by atoms with Crippen LogP contribution in [-0.2, 0) is 43.4 Å². The fourth-order valence-corrected chi connectivity index (χ4v) is 7.24. The number of hydrogen-bond donors (Lipinski definition) is 5. The molecule has 1 spiro atoms. The van der Waals surface area contributed by atoms with E-state index in [1.54, 1.807) is 0 Å². The van der Waals surface area contributed by atoms with Gasteiger partial charge in [-0.3, -0.25) is 23.9 Å². The summed E-state index contributed by atoms with van der Waals surface area (Å²) in [7, 11) is -3.34. The second kappa shape index (κ2) is 16.4. The number of aliphatic hydroxyl groups excluding tert-OH is 1. The van der Waals surface area contributed by atoms with Crippen LogP contribution in [0, 0.1) is 11.6 Å². The number of anilines is 1. The Balaban J connectivity index is 1.43. The van der Waals surface area contributed by atoms with Crippen molar-refractivity contribution < 1.29 is 77.4 Å². The molecule has 0 bridgehead atoms. The predicted octanol–water partition coefficient (Wildman–Crippen LogP) is 4.72. The van der Waals surface area contributed by atoms with E-state index in [2.05, 4.69) is 20.6 Å². The molecule has 1 fully saturated rings. The third-order valence-corrected chi connectivity index (χ3v) is 10.2. The van der Waals surface area contributed by atoms with E-state index >= 15 is 8.78 Å². The van der Waals surface area contributed by atoms with Gasteiger partial charge in [-0.2, -0.15) is 39.2 Å². The molecule has 2 aliphatic rings. The van der Waals surface area contributed by atoms with Crippen LogP contribution >= 0.6 is 0 Å². The zero-order chi connectivity index (χ0) is 43.0. The number of aromatic nitrogens is 2. The van der Waals surface area contributed by atoms with E-state index < -0.39 is 140 Å². The molecular weight excluding hydrogens is 820 g/mol. The van der Waals surface area contributed by atoms with Crippen molar-refractivity contribution in [3.63, 3.8) is 0 Å². The topological polar surface area (TPSA) is 212 Å². The Morgan fingerprint density at radius 2 is 1.67 bits per heavy atom. The number of carbonyl (C=O) groups is 3. The van der Waals surface area contributed by atoms with Crippen molar-refractivity contribution >= 4 is 33.6 Å². The Labute approximate surface area is 323 Å². The average molecular weight is 853 g/mol. The normalized spacial score (nSPS) is 16.9. The summed E-state index contributed by atoms with van der Waals surface area (Å²) in [4.78, 5) is 45.9. The number of rotatable bonds is 13. The highest BCUT2D eigenvalue weighted by Crippen LogP contribution is 2.45. The van der Waals surface area contributed by atoms with Crippen molar-refractivity contribution in [3.8, 4) is 17.0 Å². The summed E-state index contributed by atoms with van der Waals surface area (Å²) in [5.41, 5.74) is -7.58. The molecule has 24 heteroatoms. The first kappa shape index (κ1) is 43.7. The minimum absolute atomic E-state index is 0.146. The number of amides is 2. The van der Waals surface area contributed by atoms with Crippen molar-refractivity contribution in [2.45, 2.75) is 56.2 Å². The number of carbonyl (C=O) groups excluding carboxylic acids is 2. The number of benzene rings is 2. The molecule has 1 saturated carbocycles. The summed E-state index contributed by atoms with van der Waals surface area (Å²) in [6.45, 7) is -1.66. The van der Waals surface area contributed by atoms with Crippen molar-refractivity contribution in [2.75, 3.05) is 31.3 Å². The van der Waals surface area contributed by atoms with Gasteiger partial charge in [-0.25, -0.2) is 19.4 Å². The summed E-state index contributed by atoms with van der Waals surface area (Å²) < 4.78 is 148. The number of nitrogens with one attached hydrogen (secondary N) is 2. The molecule has 314 valence electrons. The van der Waals surface area contributed by atoms with Crippen LogP contribution in [0.4, 0.5) is 40.8 Å². The molecule has 0 unspecified atom stereocenters. The first-order valence-corrected chi connectivity index (χ1v) is 18.5. The number of carboxylic acids is 1. The predicted molar refractivity (Wildman–Crippen MR) is 183 cm³/mol. The van der Waals surface area contributed by atoms with Gasteiger partial charge < -0.3 is 25.6 Å². The molecule has 2 amide bonds. The van der Waals surface area contributed by atoms with E-state index in [1.165, 1.54) is 12.1 Å². The molecular formula is C34H32F8N6O9S. The van der Waals surface area contributed by atoms with Gasteiger partial charge in [0.2, 0.25) is 5.82 Å². The lowest BCUT2D eigenvalue weighted by Crippen LogP contribution is -2.62. The molecule has 1 aliphatic carbocycles. The number of likely N-dealkylation sites (N-methyl/N-ethyl adjacent to an activating group) is 1. The number of hydrogen-bond acceptors (Lipinski definition) is 11. The maximum absolute atomic E-state index is 15.5. The molecule has 5 rings (SSSR count). The standard InChI is InChI=1S/C34H32F8N6O9S/c1-47-32(8-2-3-9-32)28(49)25(29(50)46-20-6-5-18(33(37,38)39)12-19(20)21-13-24(34(40,41)42)45-16-44-21)30(51)48(47)14-17-4-7-23(27(36)26(17)35)57-11-10-43-22(31(52)53)15-58(54,55)56/h4-7,12-13,16,22,43,49H,2-3,8-11,14-15H2,1H3,(H,46,50)(H,52,53)(H,54,55,56)/t22-/m0/s1. The van der Waals surface area contributed by atoms with E-state index in [0.717, 1.165) is 17.1 Å². The Kier molecular flexibility index (Phi) is 12.4. The number of carboxylic acid groups (broad SMARTS) is 1. The zero-order valence-corrected chi connectivity index (χ0v) is 30.6. The minimum atomic E-state index is -5.03. The highest BCUT2D eigenvalue weighted by molar-refractivity contribution is 7.85. The van der Waals surface area contributed by atoms with Crippen molar-refractivity contribution in [2.24, 2.45) is 0 Å². The van der Waals surface area contributed by atoms with Gasteiger partial charge in [0.05, 0.1) is 29.0 Å². The Bertz CT molecular complexity index is 2250. The first-order chi connectivity index (χ1) is 26.9. The maximum atomic E-state index is 15.5. The summed E-state index contributed by atoms with van der Waals surface area (Å²) in [6, 6.07) is 2.22. The summed E-state index contributed by atoms with van der Waals surface area (Å²) in [6.07, 6.45) is -8.35. The molecule has 0 radical (unpaired) electrons. The van der Waals surface area contributed by atoms with Gasteiger partial charge in [-0.1, -0.05) is 18.9 Å². The van der Waals surface area contributed by atoms with Gasteiger partial charge in [0.15, 0.2) is 11.6 Å². The molecule has 1 aliphatic heterocycles. The summed E-state index contributed by atoms with van der Waals surface area (Å²) in [5.74, 6) is -9.99. The van der Waals surface area contributed by atoms with E-state index in [4.69, 9.17) is 14.4 Å². The SMILES string of the molecule is CN1N(Cc2ccc(OCCN[C@@H](CS(=O)(=O)O)C(=O)O)c(F)c2F)C(=O)C(C(=O)Nc2ccc(C(F)(F)F)cc2-c2cc(C(F)(F)F)ncn2)=C(O)C12CCCC2. The maximum Gasteiger partial charge on any atom is 0.433 e. The molecule has 5 N–H and O–H groups in total. The molecule has 2 heterocycles. The largest absolute Gasteiger partial charge is 0.509 e. The van der Waals surface area contributed by atoms with Gasteiger partial charge in [0, 0.05) is 24.7 Å². The third-order valence-electron chi connectivity index (χ3n) is 9.47. The highest BCUT2D eigenvalue weighted by Gasteiger charge is 2.53. The average Bonchev–Trinajstić information content (AvgIpc) is 3.63. The molecule has 15 nitrogen and oxygen atoms in total. The van der Waals surface area contributed by atoms with Gasteiger partial charge >= 0.3 is 18.3 Å². The fraction of sp³-hybridized carbons (Fsp3) is 0.382. The number of halogens is 8. The van der Waals surface area contributed by atoms with Crippen molar-refractivity contribution in [1.82, 2.24) is 25.3 Å². The number of alkyl halides is 6. The van der Waals surface area contributed by atoms with Crippen LogP contribution < -0.4 is 15.4 Å². The van der Waals surface area contributed by atoms with Crippen molar-refractivity contribution in [1.29, 1.82) is 0 Å². The van der Waals surface area contributed by atoms with E-state index in [0.29, 0.717) is 43.4 Å². The zero-order valence-electron chi connectivity index (χ0n) is 29.8. The summed E-state index contributed by atoms with van der Waals surface area (Å²) >= 11 is 0. The lowest BCUT2D eigenvalue weighted by atomic mass is 9.88. The second-order valence-corrected chi connectivity index (χ2v) is 14.6. The van der Waals surface area contributed by atoms with Crippen LogP contribution in [0.15, 0.2) is 54.1 Å². The molecule has 58 heavy (non-hydrogen) atoms. The number of aliphatic carboxylic acids is 1. The third kappa shape index (κ3) is 9.29. The number of nitrogens with zero attached hydrogens (tertiary/aromatic N) is 4. The van der Waals surface area contributed by atoms with Crippen LogP contribution in [0.25, 0.3) is 11.3 Å². The molecule has 1 aromatic heterocycles. The molecule has 2 aromatic carbocycles. The van der Waals surface area contributed by atoms with E-state index in [-0.39, 0.29) is 12.8 Å². The number of aliphatic hydroxyl groups is 1. The van der Waals surface area contributed by atoms with Crippen LogP contribution in [-0.4, -0.2) is 98.5 Å². The fourth-order valence-electron chi connectivity index (χ4n) is 6.56. The van der Waals surface area contributed by atoms with Gasteiger partial charge in [-0.05, 0) is 43.2 Å². The lowest BCUT2D eigenvalue weighted by molar-refractivity contribution is -0.163. The smallest absolute Gasteiger partial charge is 0.433 e. The Hall–Kier alpha value is -5.46. The Morgan fingerprint density at radius 3 is 2.28 bits per heavy atom. The highest BCUT2D eigenvalue weighted by atomic mass is 32.2. The number of hydrazine groups is 1. The van der Waals surface area contributed by atoms with E-state index in [9.17, 15) is 54.3 Å². The second-order valence-electron chi connectivity index (χ2n) is 13.1. The van der Waals surface area contributed by atoms with Gasteiger partial charge in [0.25, 0.3) is 21.9 Å². The number of ether oxygens (including phenoxy) is 1. The van der Waals surface area contributed by atoms with Crippen LogP contribution in [0.3, 0.4) is 0 Å². The first-order valence-electron chi connectivity index (χ1n) is 16.9. The lowest BCUT2D eigenvalue weighted by Gasteiger charge is -2.48. The van der Waals surface area contributed by atoms with Crippen LogP contribution in [0.2, 0.25) is 0 Å². The van der Waals surface area contributed by atoms with Crippen LogP contribution in [0.5, 0.6) is 5.75 Å². The van der Waals surface area contributed by atoms with Gasteiger partial charge in [-0.15, -0.1) is 0 Å². The van der Waals surface area contributed by atoms with E-state index in [1.807, 2.05) is 0 Å². The minimum Gasteiger partial charge on any atom is -0.509 e. The van der Waals surface area contributed by atoms with Crippen molar-refractivity contribution in [3.05, 3.63) is 82.5 Å². The van der Waals surface area contributed by atoms with Crippen LogP contribution in [0.1, 0.15) is 42.5 Å². The molecule has 3 aromatic rings. The Morgan fingerprint density at radius 1 is 1.00 bits per heavy atom. The molecule has 0 saturated heterocycles. The van der Waals surface area contributed by atoms with Gasteiger partial charge in [0.1, 0.15) is 41.8 Å². The summed E-state index contributed by atoms with van der Waals surface area (Å²) in [5, 5.41) is 27.2. The molecule has 1 atom stereocenters.